The fourth-order valence-electron chi connectivity index (χ4n) is 4.30. The first-order chi connectivity index (χ1) is 16.3. The van der Waals surface area contributed by atoms with Gasteiger partial charge < -0.3 is 5.32 Å². The Kier molecular flexibility index (Phi) is 5.31. The van der Waals surface area contributed by atoms with Crippen LogP contribution in [0.1, 0.15) is 36.1 Å². The Morgan fingerprint density at radius 2 is 1.65 bits per heavy atom. The van der Waals surface area contributed by atoms with E-state index in [4.69, 9.17) is 0 Å². The molecule has 3 nitrogen and oxygen atoms in total. The number of aliphatic imine (C=N–C) groups is 1. The fraction of sp³-hybridized carbons (Fsp3) is 0.154. The van der Waals surface area contributed by atoms with Crippen LogP contribution < -0.4 is 5.32 Å². The van der Waals surface area contributed by atoms with Crippen LogP contribution in [0.4, 0.5) is 27.8 Å². The van der Waals surface area contributed by atoms with E-state index < -0.39 is 29.4 Å². The number of benzene rings is 3. The molecule has 0 saturated heterocycles. The van der Waals surface area contributed by atoms with Gasteiger partial charge in [-0.3, -0.25) is 4.99 Å². The molecule has 1 atom stereocenters. The highest BCUT2D eigenvalue weighted by Gasteiger charge is 2.34. The van der Waals surface area contributed by atoms with Gasteiger partial charge in [0.1, 0.15) is 23.3 Å². The maximum Gasteiger partial charge on any atom is 0.417 e. The minimum absolute atomic E-state index is 0.0684. The molecule has 1 aliphatic heterocycles. The van der Waals surface area contributed by atoms with Crippen molar-refractivity contribution in [2.24, 2.45) is 4.99 Å². The van der Waals surface area contributed by atoms with E-state index in [1.807, 2.05) is 6.92 Å². The maximum atomic E-state index is 14.5. The zero-order valence-electron chi connectivity index (χ0n) is 17.9. The van der Waals surface area contributed by atoms with E-state index in [2.05, 4.69) is 15.3 Å². The van der Waals surface area contributed by atoms with Crippen molar-refractivity contribution in [3.05, 3.63) is 95.1 Å². The quantitative estimate of drug-likeness (QED) is 0.317. The number of rotatable bonds is 3. The molecule has 5 rings (SSSR count). The molecule has 2 heterocycles. The van der Waals surface area contributed by atoms with E-state index in [9.17, 15) is 22.0 Å². The zero-order chi connectivity index (χ0) is 24.0. The molecule has 1 unspecified atom stereocenters. The van der Waals surface area contributed by atoms with Crippen molar-refractivity contribution in [3.63, 3.8) is 0 Å². The molecule has 8 heteroatoms. The van der Waals surface area contributed by atoms with Gasteiger partial charge in [0.15, 0.2) is 0 Å². The third kappa shape index (κ3) is 3.79. The number of hydrogen-bond donors (Lipinski definition) is 1. The summed E-state index contributed by atoms with van der Waals surface area (Å²) >= 11 is 0. The van der Waals surface area contributed by atoms with E-state index in [1.165, 1.54) is 24.3 Å². The summed E-state index contributed by atoms with van der Waals surface area (Å²) < 4.78 is 69.5. The Morgan fingerprint density at radius 3 is 2.41 bits per heavy atom. The van der Waals surface area contributed by atoms with Crippen molar-refractivity contribution in [1.29, 1.82) is 0 Å². The molecule has 0 fully saturated rings. The smallest absolute Gasteiger partial charge is 0.324 e. The third-order valence-corrected chi connectivity index (χ3v) is 5.84. The number of fused-ring (bicyclic) bond motifs is 2. The van der Waals surface area contributed by atoms with Crippen molar-refractivity contribution in [1.82, 2.24) is 4.98 Å². The number of alkyl halides is 3. The van der Waals surface area contributed by atoms with Gasteiger partial charge in [0, 0.05) is 28.1 Å². The third-order valence-electron chi connectivity index (χ3n) is 5.84. The lowest BCUT2D eigenvalue weighted by atomic mass is 10.0. The van der Waals surface area contributed by atoms with Crippen molar-refractivity contribution in [3.8, 4) is 11.3 Å². The molecule has 1 aromatic heterocycles. The van der Waals surface area contributed by atoms with Gasteiger partial charge in [0.05, 0.1) is 17.3 Å². The first kappa shape index (κ1) is 22.0. The summed E-state index contributed by atoms with van der Waals surface area (Å²) in [6.45, 7) is 1.84. The number of nitrogens with one attached hydrogen (secondary N) is 1. The van der Waals surface area contributed by atoms with E-state index in [0.717, 1.165) is 12.1 Å². The summed E-state index contributed by atoms with van der Waals surface area (Å²) in [6, 6.07) is 15.4. The van der Waals surface area contributed by atoms with Gasteiger partial charge in [-0.2, -0.15) is 13.2 Å². The van der Waals surface area contributed by atoms with E-state index >= 15 is 0 Å². The predicted octanol–water partition coefficient (Wildman–Crippen LogP) is 7.52. The summed E-state index contributed by atoms with van der Waals surface area (Å²) in [5.41, 5.74) is -0.195. The number of halogens is 5. The van der Waals surface area contributed by atoms with Crippen molar-refractivity contribution in [2.75, 3.05) is 5.32 Å². The van der Waals surface area contributed by atoms with Gasteiger partial charge in [-0.1, -0.05) is 49.4 Å². The van der Waals surface area contributed by atoms with E-state index in [1.54, 1.807) is 30.3 Å². The highest BCUT2D eigenvalue weighted by Crippen LogP contribution is 2.39. The molecule has 0 saturated carbocycles. The molecule has 1 aliphatic rings. The van der Waals surface area contributed by atoms with E-state index in [-0.39, 0.29) is 34.0 Å². The number of nitrogens with zero attached hydrogens (tertiary/aromatic N) is 2. The molecule has 1 N–H and O–H groups in total. The molecule has 0 amide bonds. The molecule has 4 aromatic rings. The molecular formula is C26H18F5N3. The van der Waals surface area contributed by atoms with Crippen LogP contribution in [0, 0.1) is 11.6 Å². The van der Waals surface area contributed by atoms with Crippen LogP contribution in [-0.4, -0.2) is 10.8 Å². The van der Waals surface area contributed by atoms with Gasteiger partial charge in [-0.05, 0) is 30.0 Å². The van der Waals surface area contributed by atoms with Crippen molar-refractivity contribution < 1.29 is 22.0 Å². The van der Waals surface area contributed by atoms with Gasteiger partial charge >= 0.3 is 6.18 Å². The fourth-order valence-corrected chi connectivity index (χ4v) is 4.30. The van der Waals surface area contributed by atoms with Crippen LogP contribution in [0.25, 0.3) is 22.0 Å². The number of amidine groups is 1. The molecule has 0 radical (unpaired) electrons. The Bertz CT molecular complexity index is 1440. The largest absolute Gasteiger partial charge is 0.417 e. The second-order valence-corrected chi connectivity index (χ2v) is 8.00. The molecule has 0 spiro atoms. The Hall–Kier alpha value is -3.81. The van der Waals surface area contributed by atoms with Crippen LogP contribution >= 0.6 is 0 Å². The number of hydrogen-bond acceptors (Lipinski definition) is 3. The average molecular weight is 467 g/mol. The zero-order valence-corrected chi connectivity index (χ0v) is 17.9. The van der Waals surface area contributed by atoms with Crippen LogP contribution in [0.2, 0.25) is 0 Å². The number of anilines is 1. The second-order valence-electron chi connectivity index (χ2n) is 8.00. The lowest BCUT2D eigenvalue weighted by molar-refractivity contribution is -0.137. The minimum Gasteiger partial charge on any atom is -0.324 e. The molecule has 34 heavy (non-hydrogen) atoms. The lowest BCUT2D eigenvalue weighted by Crippen LogP contribution is -2.14. The number of pyridine rings is 1. The van der Waals surface area contributed by atoms with Gasteiger partial charge in [0.2, 0.25) is 0 Å². The van der Waals surface area contributed by atoms with Crippen LogP contribution in [0.15, 0.2) is 71.7 Å². The lowest BCUT2D eigenvalue weighted by Gasteiger charge is -2.15. The highest BCUT2D eigenvalue weighted by molar-refractivity contribution is 6.13. The summed E-state index contributed by atoms with van der Waals surface area (Å²) in [5, 5.41) is 4.34. The Labute approximate surface area is 192 Å². The predicted molar refractivity (Wildman–Crippen MR) is 122 cm³/mol. The van der Waals surface area contributed by atoms with Crippen molar-refractivity contribution in [2.45, 2.75) is 25.6 Å². The first-order valence-corrected chi connectivity index (χ1v) is 10.7. The Balaban J connectivity index is 1.67. The van der Waals surface area contributed by atoms with Crippen LogP contribution in [-0.2, 0) is 6.18 Å². The summed E-state index contributed by atoms with van der Waals surface area (Å²) in [4.78, 5) is 9.01. The minimum atomic E-state index is -4.56. The second kappa shape index (κ2) is 8.20. The van der Waals surface area contributed by atoms with Gasteiger partial charge in [0.25, 0.3) is 0 Å². The topological polar surface area (TPSA) is 37.3 Å². The number of aromatic nitrogens is 1. The molecule has 0 aliphatic carbocycles. The van der Waals surface area contributed by atoms with E-state index in [0.29, 0.717) is 17.2 Å². The maximum absolute atomic E-state index is 14.5. The SMILES string of the molecule is CCC1N=C(Nc2nc(-c3ccccc3C(F)(F)F)cc3ccccc23)c2cc(F)cc(F)c21. The molecule has 3 aromatic carbocycles. The Morgan fingerprint density at radius 1 is 0.912 bits per heavy atom. The monoisotopic (exact) mass is 467 g/mol. The van der Waals surface area contributed by atoms with Crippen LogP contribution in [0.3, 0.4) is 0 Å². The standard InChI is InChI=1S/C26H18F5N3/c1-2-21-23-18(12-15(27)13-20(23)28)25(32-21)34-24-16-8-4-3-7-14(16)11-22(33-24)17-9-5-6-10-19(17)26(29,30)31/h3-13,21H,2H2,1H3,(H,32,33,34). The molecule has 172 valence electrons. The normalized spacial score (nSPS) is 15.4. The average Bonchev–Trinajstić information content (AvgIpc) is 3.16. The summed E-state index contributed by atoms with van der Waals surface area (Å²) in [5.74, 6) is -0.961. The molecular weight excluding hydrogens is 449 g/mol. The van der Waals surface area contributed by atoms with Gasteiger partial charge in [-0.25, -0.2) is 13.8 Å². The van der Waals surface area contributed by atoms with Crippen molar-refractivity contribution >= 4 is 22.4 Å². The summed E-state index contributed by atoms with van der Waals surface area (Å²) in [6.07, 6.45) is -4.07. The first-order valence-electron chi connectivity index (χ1n) is 10.7. The molecule has 0 bridgehead atoms. The van der Waals surface area contributed by atoms with Gasteiger partial charge in [-0.15, -0.1) is 0 Å². The van der Waals surface area contributed by atoms with Crippen LogP contribution in [0.5, 0.6) is 0 Å². The highest BCUT2D eigenvalue weighted by atomic mass is 19.4. The summed E-state index contributed by atoms with van der Waals surface area (Å²) in [7, 11) is 0.